The summed E-state index contributed by atoms with van der Waals surface area (Å²) >= 11 is 0. The third-order valence-corrected chi connectivity index (χ3v) is 1.29. The molecule has 0 unspecified atom stereocenters. The minimum Gasteiger partial charge on any atom is -0.481 e. The topological polar surface area (TPSA) is 227 Å². The molecule has 17 heavy (non-hydrogen) atoms. The largest absolute Gasteiger partial charge is 0.481 e. The normalized spacial score (nSPS) is 8.29. The number of carbonyl (C=O) groups is 3. The average Bonchev–Trinajstić information content (AvgIpc) is 1.82. The van der Waals surface area contributed by atoms with Crippen molar-refractivity contribution in [2.75, 3.05) is 0 Å². The van der Waals surface area contributed by atoms with Gasteiger partial charge < -0.3 is 36.9 Å². The molecule has 0 atom stereocenters. The average molecular weight is 285 g/mol. The molecule has 0 aromatic rings. The van der Waals surface area contributed by atoms with Gasteiger partial charge in [0.25, 0.3) is 0 Å². The number of rotatable bonds is 5. The van der Waals surface area contributed by atoms with Crippen molar-refractivity contribution in [3.63, 3.8) is 0 Å². The maximum atomic E-state index is 10.3. The quantitative estimate of drug-likeness (QED) is 0.364. The monoisotopic (exact) mass is 285 g/mol. The second-order valence-corrected chi connectivity index (χ2v) is 2.48. The van der Waals surface area contributed by atoms with Crippen molar-refractivity contribution in [2.45, 2.75) is 18.4 Å². The Morgan fingerprint density at radius 3 is 1.18 bits per heavy atom. The van der Waals surface area contributed by atoms with Crippen LogP contribution in [0.5, 0.6) is 0 Å². The Morgan fingerprint density at radius 1 is 0.824 bits per heavy atom. The van der Waals surface area contributed by atoms with Crippen LogP contribution >= 0.6 is 0 Å². The van der Waals surface area contributed by atoms with Gasteiger partial charge in [-0.15, -0.1) is 0 Å². The third kappa shape index (κ3) is 12.1. The van der Waals surface area contributed by atoms with Gasteiger partial charge in [-0.3, -0.25) is 9.59 Å². The molecule has 10 nitrogen and oxygen atoms in total. The molecule has 0 spiro atoms. The van der Waals surface area contributed by atoms with Crippen molar-refractivity contribution in [1.29, 1.82) is 0 Å². The molecular formula is C6H14KO10. The molecule has 99 valence electrons. The standard InChI is InChI=1S/C6H8O7.K.3H2O/c7-3(8)1-6(13,5(11)12)2-4(9)10;;;;/h13H,1-2H2,(H,7,8)(H,9,10)(H,11,12);;3*1H2. The number of carboxylic acid groups (broad SMARTS) is 3. The van der Waals surface area contributed by atoms with E-state index in [1.807, 2.05) is 0 Å². The molecule has 0 rings (SSSR count). The summed E-state index contributed by atoms with van der Waals surface area (Å²) in [6.45, 7) is 0. The molecule has 0 saturated carbocycles. The molecule has 0 aliphatic heterocycles. The smallest absolute Gasteiger partial charge is 0.336 e. The maximum Gasteiger partial charge on any atom is 0.336 e. The zero-order chi connectivity index (χ0) is 10.6. The fourth-order valence-electron chi connectivity index (χ4n) is 0.714. The van der Waals surface area contributed by atoms with Crippen molar-refractivity contribution in [1.82, 2.24) is 0 Å². The number of aliphatic carboxylic acids is 3. The molecule has 0 fully saturated rings. The van der Waals surface area contributed by atoms with E-state index < -0.39 is 36.4 Å². The van der Waals surface area contributed by atoms with Crippen LogP contribution in [0.1, 0.15) is 12.8 Å². The van der Waals surface area contributed by atoms with E-state index in [0.29, 0.717) is 0 Å². The van der Waals surface area contributed by atoms with Crippen LogP contribution in [0.3, 0.4) is 0 Å². The van der Waals surface area contributed by atoms with Crippen LogP contribution < -0.4 is 0 Å². The van der Waals surface area contributed by atoms with Crippen LogP contribution in [0, 0.1) is 0 Å². The summed E-state index contributed by atoms with van der Waals surface area (Å²) in [6, 6.07) is 0. The van der Waals surface area contributed by atoms with Gasteiger partial charge in [-0.2, -0.15) is 0 Å². The summed E-state index contributed by atoms with van der Waals surface area (Å²) in [5.74, 6) is -5.02. The van der Waals surface area contributed by atoms with Crippen molar-refractivity contribution in [3.05, 3.63) is 0 Å². The second-order valence-electron chi connectivity index (χ2n) is 2.48. The molecule has 0 aromatic heterocycles. The van der Waals surface area contributed by atoms with Crippen molar-refractivity contribution >= 4 is 69.3 Å². The fourth-order valence-corrected chi connectivity index (χ4v) is 0.714. The first kappa shape index (κ1) is 30.2. The van der Waals surface area contributed by atoms with E-state index in [0.717, 1.165) is 0 Å². The van der Waals surface area contributed by atoms with E-state index in [-0.39, 0.29) is 67.8 Å². The van der Waals surface area contributed by atoms with Crippen molar-refractivity contribution in [3.8, 4) is 0 Å². The number of hydrogen-bond donors (Lipinski definition) is 4. The predicted octanol–water partition coefficient (Wildman–Crippen LogP) is -4.10. The van der Waals surface area contributed by atoms with Gasteiger partial charge >= 0.3 is 17.9 Å². The number of carboxylic acids is 3. The van der Waals surface area contributed by atoms with Crippen molar-refractivity contribution in [2.24, 2.45) is 0 Å². The van der Waals surface area contributed by atoms with Gasteiger partial charge in [0.15, 0.2) is 5.60 Å². The van der Waals surface area contributed by atoms with Gasteiger partial charge in [-0.1, -0.05) is 0 Å². The van der Waals surface area contributed by atoms with E-state index in [1.165, 1.54) is 0 Å². The molecule has 0 saturated heterocycles. The van der Waals surface area contributed by atoms with Gasteiger partial charge in [-0.25, -0.2) is 4.79 Å². The van der Waals surface area contributed by atoms with Crippen LogP contribution in [0.4, 0.5) is 0 Å². The van der Waals surface area contributed by atoms with Gasteiger partial charge in [0.1, 0.15) is 0 Å². The molecule has 10 N–H and O–H groups in total. The predicted molar refractivity (Wildman–Crippen MR) is 53.7 cm³/mol. The fraction of sp³-hybridized carbons (Fsp3) is 0.500. The number of aliphatic hydroxyl groups is 1. The van der Waals surface area contributed by atoms with Gasteiger partial charge in [-0.05, 0) is 0 Å². The van der Waals surface area contributed by atoms with E-state index in [9.17, 15) is 14.4 Å². The summed E-state index contributed by atoms with van der Waals surface area (Å²) in [4.78, 5) is 30.5. The van der Waals surface area contributed by atoms with Crippen LogP contribution in [0.2, 0.25) is 0 Å². The van der Waals surface area contributed by atoms with E-state index in [2.05, 4.69) is 0 Å². The SMILES string of the molecule is O.O.O.O=C(O)CC(O)(CC(=O)O)C(=O)O.[K]. The van der Waals surface area contributed by atoms with Crippen molar-refractivity contribution < 1.29 is 51.2 Å². The molecule has 0 aliphatic rings. The molecule has 0 bridgehead atoms. The Morgan fingerprint density at radius 2 is 1.06 bits per heavy atom. The summed E-state index contributed by atoms with van der Waals surface area (Å²) < 4.78 is 0. The minimum absolute atomic E-state index is 0. The minimum atomic E-state index is -2.74. The van der Waals surface area contributed by atoms with Gasteiger partial charge in [0.2, 0.25) is 0 Å². The van der Waals surface area contributed by atoms with Crippen LogP contribution in [0.25, 0.3) is 0 Å². The Hall–Kier alpha value is -0.114. The maximum absolute atomic E-state index is 10.3. The van der Waals surface area contributed by atoms with E-state index in [4.69, 9.17) is 20.4 Å². The van der Waals surface area contributed by atoms with Crippen LogP contribution in [0.15, 0.2) is 0 Å². The van der Waals surface area contributed by atoms with E-state index >= 15 is 0 Å². The van der Waals surface area contributed by atoms with E-state index in [1.54, 1.807) is 0 Å². The van der Waals surface area contributed by atoms with Crippen LogP contribution in [-0.2, 0) is 14.4 Å². The molecular weight excluding hydrogens is 271 g/mol. The Labute approximate surface area is 138 Å². The Balaban J connectivity index is -0.000000120. The zero-order valence-electron chi connectivity index (χ0n) is 8.93. The first-order valence-corrected chi connectivity index (χ1v) is 3.17. The summed E-state index contributed by atoms with van der Waals surface area (Å²) in [5, 5.41) is 33.8. The molecule has 0 heterocycles. The number of hydrogen-bond acceptors (Lipinski definition) is 4. The van der Waals surface area contributed by atoms with Crippen LogP contribution in [-0.4, -0.2) is 112 Å². The first-order chi connectivity index (χ1) is 5.78. The third-order valence-electron chi connectivity index (χ3n) is 1.29. The second kappa shape index (κ2) is 12.3. The Kier molecular flexibility index (Phi) is 21.9. The summed E-state index contributed by atoms with van der Waals surface area (Å²) in [5.41, 5.74) is -2.74. The van der Waals surface area contributed by atoms with Gasteiger partial charge in [0, 0.05) is 51.4 Å². The van der Waals surface area contributed by atoms with Gasteiger partial charge in [0.05, 0.1) is 12.8 Å². The molecule has 0 aliphatic carbocycles. The summed E-state index contributed by atoms with van der Waals surface area (Å²) in [6.07, 6.45) is -2.29. The zero-order valence-corrected chi connectivity index (χ0v) is 12.1. The molecule has 1 radical (unpaired) electrons. The first-order valence-electron chi connectivity index (χ1n) is 3.17. The molecule has 11 heteroatoms. The molecule has 0 aromatic carbocycles. The Bertz CT molecular complexity index is 235. The molecule has 0 amide bonds. The summed E-state index contributed by atoms with van der Waals surface area (Å²) in [7, 11) is 0.